The molecule has 0 aliphatic rings. The molecule has 0 bridgehead atoms. The third kappa shape index (κ3) is 4.94. The second-order valence-corrected chi connectivity index (χ2v) is 6.02. The zero-order valence-electron chi connectivity index (χ0n) is 11.4. The lowest BCUT2D eigenvalue weighted by Crippen LogP contribution is -2.25. The van der Waals surface area contributed by atoms with Crippen LogP contribution in [0.2, 0.25) is 0 Å². The van der Waals surface area contributed by atoms with Crippen LogP contribution < -0.4 is 10.5 Å². The first-order valence-electron chi connectivity index (χ1n) is 6.29. The minimum absolute atomic E-state index is 0.171. The molecule has 1 rings (SSSR count). The van der Waals surface area contributed by atoms with Crippen LogP contribution in [0.1, 0.15) is 30.8 Å². The Balaban J connectivity index is 2.49. The van der Waals surface area contributed by atoms with Crippen molar-refractivity contribution >= 4 is 10.0 Å². The predicted octanol–water partition coefficient (Wildman–Crippen LogP) is 1.14. The molecule has 0 fully saturated rings. The highest BCUT2D eigenvalue weighted by atomic mass is 32.2. The lowest BCUT2D eigenvalue weighted by molar-refractivity contribution is 0.192. The number of nitrogens with one attached hydrogen (secondary N) is 1. The van der Waals surface area contributed by atoms with Gasteiger partial charge in [-0.05, 0) is 26.2 Å². The molecule has 0 spiro atoms. The van der Waals surface area contributed by atoms with Gasteiger partial charge in [-0.1, -0.05) is 0 Å². The standard InChI is InChI=1S/C12H22N2O4S/c1-10-12(8-11(9-13)18-10)19(15,16)14-6-4-3-5-7-17-2/h8,14H,3-7,9,13H2,1-2H3. The van der Waals surface area contributed by atoms with E-state index < -0.39 is 10.0 Å². The predicted molar refractivity (Wildman–Crippen MR) is 72.3 cm³/mol. The van der Waals surface area contributed by atoms with Crippen LogP contribution in [-0.2, 0) is 21.3 Å². The summed E-state index contributed by atoms with van der Waals surface area (Å²) in [7, 11) is -1.85. The van der Waals surface area contributed by atoms with E-state index in [0.29, 0.717) is 24.7 Å². The van der Waals surface area contributed by atoms with Gasteiger partial charge in [-0.2, -0.15) is 0 Å². The Morgan fingerprint density at radius 3 is 2.68 bits per heavy atom. The molecule has 0 radical (unpaired) electrons. The summed E-state index contributed by atoms with van der Waals surface area (Å²) in [6.45, 7) is 2.92. The number of rotatable bonds is 9. The zero-order chi connectivity index (χ0) is 14.3. The summed E-state index contributed by atoms with van der Waals surface area (Å²) in [5.41, 5.74) is 5.42. The van der Waals surface area contributed by atoms with Crippen LogP contribution in [0.4, 0.5) is 0 Å². The van der Waals surface area contributed by atoms with E-state index in [2.05, 4.69) is 4.72 Å². The summed E-state index contributed by atoms with van der Waals surface area (Å²) in [6, 6.07) is 1.47. The van der Waals surface area contributed by atoms with Crippen molar-refractivity contribution in [3.05, 3.63) is 17.6 Å². The van der Waals surface area contributed by atoms with Crippen molar-refractivity contribution in [3.63, 3.8) is 0 Å². The smallest absolute Gasteiger partial charge is 0.244 e. The Morgan fingerprint density at radius 1 is 1.37 bits per heavy atom. The first-order chi connectivity index (χ1) is 9.01. The molecule has 3 N–H and O–H groups in total. The van der Waals surface area contributed by atoms with Gasteiger partial charge in [0.1, 0.15) is 16.4 Å². The van der Waals surface area contributed by atoms with Crippen LogP contribution in [0.5, 0.6) is 0 Å². The maximum Gasteiger partial charge on any atom is 0.244 e. The van der Waals surface area contributed by atoms with Gasteiger partial charge in [-0.3, -0.25) is 0 Å². The van der Waals surface area contributed by atoms with Crippen LogP contribution in [0.25, 0.3) is 0 Å². The van der Waals surface area contributed by atoms with E-state index in [1.807, 2.05) is 0 Å². The molecule has 19 heavy (non-hydrogen) atoms. The Morgan fingerprint density at radius 2 is 2.11 bits per heavy atom. The van der Waals surface area contributed by atoms with Gasteiger partial charge in [0.15, 0.2) is 0 Å². The zero-order valence-corrected chi connectivity index (χ0v) is 12.3. The quantitative estimate of drug-likeness (QED) is 0.665. The number of aryl methyl sites for hydroxylation is 1. The molecule has 0 atom stereocenters. The molecule has 0 aliphatic carbocycles. The second kappa shape index (κ2) is 7.64. The number of hydrogen-bond donors (Lipinski definition) is 2. The van der Waals surface area contributed by atoms with Gasteiger partial charge in [-0.15, -0.1) is 0 Å². The van der Waals surface area contributed by atoms with Crippen molar-refractivity contribution in [1.29, 1.82) is 0 Å². The van der Waals surface area contributed by atoms with Gasteiger partial charge in [0, 0.05) is 26.3 Å². The third-order valence-corrected chi connectivity index (χ3v) is 4.30. The first kappa shape index (κ1) is 16.2. The molecule has 0 aliphatic heterocycles. The van der Waals surface area contributed by atoms with E-state index in [1.165, 1.54) is 6.07 Å². The van der Waals surface area contributed by atoms with E-state index in [-0.39, 0.29) is 11.4 Å². The molecule has 1 heterocycles. The molecule has 0 aromatic carbocycles. The Labute approximate surface area is 114 Å². The van der Waals surface area contributed by atoms with Crippen molar-refractivity contribution in [2.45, 2.75) is 37.6 Å². The van der Waals surface area contributed by atoms with Crippen molar-refractivity contribution in [2.24, 2.45) is 5.73 Å². The van der Waals surface area contributed by atoms with Crippen LogP contribution in [0.15, 0.2) is 15.4 Å². The maximum atomic E-state index is 12.0. The van der Waals surface area contributed by atoms with E-state index in [1.54, 1.807) is 14.0 Å². The highest BCUT2D eigenvalue weighted by Crippen LogP contribution is 2.19. The van der Waals surface area contributed by atoms with E-state index in [4.69, 9.17) is 14.9 Å². The number of nitrogens with two attached hydrogens (primary N) is 1. The topological polar surface area (TPSA) is 94.6 Å². The fraction of sp³-hybridized carbons (Fsp3) is 0.667. The van der Waals surface area contributed by atoms with E-state index in [0.717, 1.165) is 19.3 Å². The Kier molecular flexibility index (Phi) is 6.50. The molecule has 7 heteroatoms. The third-order valence-electron chi connectivity index (χ3n) is 2.73. The van der Waals surface area contributed by atoms with Crippen LogP contribution >= 0.6 is 0 Å². The Bertz CT molecular complexity index is 482. The summed E-state index contributed by atoms with van der Waals surface area (Å²) in [6.07, 6.45) is 2.64. The minimum Gasteiger partial charge on any atom is -0.464 e. The number of unbranched alkanes of at least 4 members (excludes halogenated alkanes) is 2. The van der Waals surface area contributed by atoms with Gasteiger partial charge in [0.05, 0.1) is 6.54 Å². The fourth-order valence-corrected chi connectivity index (χ4v) is 3.00. The summed E-state index contributed by atoms with van der Waals surface area (Å²) in [5, 5.41) is 0. The van der Waals surface area contributed by atoms with Gasteiger partial charge in [0.25, 0.3) is 0 Å². The van der Waals surface area contributed by atoms with Crippen LogP contribution in [0, 0.1) is 6.92 Å². The SMILES string of the molecule is COCCCCCNS(=O)(=O)c1cc(CN)oc1C. The number of sulfonamides is 1. The molecule has 1 aromatic rings. The van der Waals surface area contributed by atoms with Crippen molar-refractivity contribution < 1.29 is 17.6 Å². The molecule has 0 saturated heterocycles. The molecule has 0 unspecified atom stereocenters. The molecule has 0 amide bonds. The van der Waals surface area contributed by atoms with Crippen molar-refractivity contribution in [3.8, 4) is 0 Å². The number of ether oxygens (including phenoxy) is 1. The average Bonchev–Trinajstić information content (AvgIpc) is 2.76. The summed E-state index contributed by atoms with van der Waals surface area (Å²) in [4.78, 5) is 0.171. The highest BCUT2D eigenvalue weighted by molar-refractivity contribution is 7.89. The lowest BCUT2D eigenvalue weighted by atomic mass is 10.2. The average molecular weight is 290 g/mol. The molecule has 0 saturated carbocycles. The maximum absolute atomic E-state index is 12.0. The molecule has 110 valence electrons. The molecule has 6 nitrogen and oxygen atoms in total. The van der Waals surface area contributed by atoms with Gasteiger partial charge < -0.3 is 14.9 Å². The summed E-state index contributed by atoms with van der Waals surface area (Å²) in [5.74, 6) is 0.838. The molecule has 1 aromatic heterocycles. The lowest BCUT2D eigenvalue weighted by Gasteiger charge is -2.05. The normalized spacial score (nSPS) is 11.9. The molecular formula is C12H22N2O4S. The van der Waals surface area contributed by atoms with Crippen molar-refractivity contribution in [2.75, 3.05) is 20.3 Å². The number of hydrogen-bond acceptors (Lipinski definition) is 5. The number of furan rings is 1. The highest BCUT2D eigenvalue weighted by Gasteiger charge is 2.20. The van der Waals surface area contributed by atoms with Gasteiger partial charge >= 0.3 is 0 Å². The number of methoxy groups -OCH3 is 1. The Hall–Kier alpha value is -0.890. The summed E-state index contributed by atoms with van der Waals surface area (Å²) >= 11 is 0. The summed E-state index contributed by atoms with van der Waals surface area (Å²) < 4.78 is 36.8. The monoisotopic (exact) mass is 290 g/mol. The second-order valence-electron chi connectivity index (χ2n) is 4.29. The fourth-order valence-electron chi connectivity index (χ4n) is 1.72. The largest absolute Gasteiger partial charge is 0.464 e. The van der Waals surface area contributed by atoms with Crippen LogP contribution in [0.3, 0.4) is 0 Å². The van der Waals surface area contributed by atoms with Gasteiger partial charge in [-0.25, -0.2) is 13.1 Å². The van der Waals surface area contributed by atoms with E-state index in [9.17, 15) is 8.42 Å². The van der Waals surface area contributed by atoms with Crippen LogP contribution in [-0.4, -0.2) is 28.7 Å². The van der Waals surface area contributed by atoms with Gasteiger partial charge in [0.2, 0.25) is 10.0 Å². The van der Waals surface area contributed by atoms with Crippen molar-refractivity contribution in [1.82, 2.24) is 4.72 Å². The van der Waals surface area contributed by atoms with E-state index >= 15 is 0 Å². The molecular weight excluding hydrogens is 268 g/mol. The minimum atomic E-state index is -3.50. The first-order valence-corrected chi connectivity index (χ1v) is 7.77.